The molecule has 1 aromatic carbocycles. The van der Waals surface area contributed by atoms with Gasteiger partial charge in [0, 0.05) is 6.04 Å². The molecule has 1 fully saturated rings. The second-order valence-corrected chi connectivity index (χ2v) is 6.91. The summed E-state index contributed by atoms with van der Waals surface area (Å²) in [4.78, 5) is 14.5. The van der Waals surface area contributed by atoms with Crippen molar-refractivity contribution in [2.45, 2.75) is 44.4 Å². The molecule has 1 aliphatic heterocycles. The first kappa shape index (κ1) is 19.5. The van der Waals surface area contributed by atoms with Crippen LogP contribution in [-0.2, 0) is 11.0 Å². The van der Waals surface area contributed by atoms with E-state index in [0.717, 1.165) is 43.5 Å². The fourth-order valence-electron chi connectivity index (χ4n) is 3.53. The number of piperidine rings is 1. The third kappa shape index (κ3) is 4.91. The summed E-state index contributed by atoms with van der Waals surface area (Å²) in [6, 6.07) is 8.56. The second kappa shape index (κ2) is 8.17. The molecule has 4 nitrogen and oxygen atoms in total. The van der Waals surface area contributed by atoms with E-state index >= 15 is 0 Å². The van der Waals surface area contributed by atoms with Crippen LogP contribution in [0.3, 0.4) is 0 Å². The molecule has 2 aromatic rings. The van der Waals surface area contributed by atoms with Crippen LogP contribution in [0.2, 0.25) is 0 Å². The van der Waals surface area contributed by atoms with Crippen molar-refractivity contribution in [3.05, 3.63) is 59.5 Å². The van der Waals surface area contributed by atoms with Gasteiger partial charge in [0.15, 0.2) is 0 Å². The highest BCUT2D eigenvalue weighted by atomic mass is 19.4. The minimum atomic E-state index is -4.34. The molecule has 1 saturated heterocycles. The fraction of sp³-hybridized carbons (Fsp3) is 0.450. The van der Waals surface area contributed by atoms with Gasteiger partial charge in [0.1, 0.15) is 5.76 Å². The number of hydrogen-bond donors (Lipinski definition) is 1. The summed E-state index contributed by atoms with van der Waals surface area (Å²) in [5.74, 6) is 0.555. The van der Waals surface area contributed by atoms with Crippen molar-refractivity contribution in [3.63, 3.8) is 0 Å². The van der Waals surface area contributed by atoms with Gasteiger partial charge in [-0.2, -0.15) is 13.2 Å². The number of amides is 1. The van der Waals surface area contributed by atoms with Crippen LogP contribution < -0.4 is 5.32 Å². The predicted molar refractivity (Wildman–Crippen MR) is 94.9 cm³/mol. The van der Waals surface area contributed by atoms with Gasteiger partial charge in [-0.05, 0) is 56.1 Å². The van der Waals surface area contributed by atoms with Gasteiger partial charge < -0.3 is 9.73 Å². The molecule has 2 unspecified atom stereocenters. The van der Waals surface area contributed by atoms with Gasteiger partial charge >= 0.3 is 6.18 Å². The van der Waals surface area contributed by atoms with Crippen LogP contribution in [0, 0.1) is 0 Å². The lowest BCUT2D eigenvalue weighted by atomic mass is 9.94. The first-order valence-corrected chi connectivity index (χ1v) is 9.08. The highest BCUT2D eigenvalue weighted by molar-refractivity contribution is 5.78. The van der Waals surface area contributed by atoms with E-state index in [9.17, 15) is 18.0 Å². The molecule has 2 heterocycles. The van der Waals surface area contributed by atoms with Gasteiger partial charge in [0.2, 0.25) is 5.91 Å². The lowest BCUT2D eigenvalue weighted by Crippen LogP contribution is -2.42. The van der Waals surface area contributed by atoms with Crippen LogP contribution in [0.15, 0.2) is 47.1 Å². The Balaban J connectivity index is 1.65. The van der Waals surface area contributed by atoms with Gasteiger partial charge in [0.05, 0.1) is 24.4 Å². The maximum atomic E-state index is 12.8. The number of halogens is 3. The lowest BCUT2D eigenvalue weighted by Gasteiger charge is -2.35. The Hall–Kier alpha value is -2.28. The first-order valence-electron chi connectivity index (χ1n) is 9.08. The number of rotatable bonds is 5. The van der Waals surface area contributed by atoms with E-state index in [1.807, 2.05) is 11.8 Å². The Morgan fingerprint density at radius 3 is 2.63 bits per heavy atom. The topological polar surface area (TPSA) is 45.5 Å². The highest BCUT2D eigenvalue weighted by Crippen LogP contribution is 2.34. The number of carbonyl (C=O) groups excluding carboxylic acids is 1. The molecule has 0 radical (unpaired) electrons. The molecule has 27 heavy (non-hydrogen) atoms. The molecule has 0 bridgehead atoms. The molecule has 0 spiro atoms. The van der Waals surface area contributed by atoms with E-state index in [0.29, 0.717) is 5.76 Å². The fourth-order valence-corrected chi connectivity index (χ4v) is 3.53. The SMILES string of the molecule is CC(NC(=O)CN1CCCCC1c1ccc(C(F)(F)F)cc1)c1ccco1. The monoisotopic (exact) mass is 380 g/mol. The lowest BCUT2D eigenvalue weighted by molar-refractivity contribution is -0.137. The Morgan fingerprint density at radius 2 is 2.00 bits per heavy atom. The Kier molecular flexibility index (Phi) is 5.89. The van der Waals surface area contributed by atoms with Gasteiger partial charge in [-0.25, -0.2) is 0 Å². The number of nitrogens with one attached hydrogen (secondary N) is 1. The molecule has 1 aliphatic rings. The molecule has 2 atom stereocenters. The van der Waals surface area contributed by atoms with Crippen molar-refractivity contribution in [3.8, 4) is 0 Å². The van der Waals surface area contributed by atoms with Crippen LogP contribution in [0.4, 0.5) is 13.2 Å². The summed E-state index contributed by atoms with van der Waals surface area (Å²) in [6.45, 7) is 2.80. The van der Waals surface area contributed by atoms with E-state index in [-0.39, 0.29) is 24.5 Å². The molecule has 1 N–H and O–H groups in total. The van der Waals surface area contributed by atoms with E-state index in [4.69, 9.17) is 4.42 Å². The standard InChI is InChI=1S/C20H23F3N2O2/c1-14(18-6-4-12-27-18)24-19(26)13-25-11-3-2-5-17(25)15-7-9-16(10-8-15)20(21,22)23/h4,6-10,12,14,17H,2-3,5,11,13H2,1H3,(H,24,26). The van der Waals surface area contributed by atoms with Crippen LogP contribution in [0.25, 0.3) is 0 Å². The maximum absolute atomic E-state index is 12.8. The van der Waals surface area contributed by atoms with Crippen molar-refractivity contribution < 1.29 is 22.4 Å². The third-order valence-electron chi connectivity index (χ3n) is 4.93. The number of furan rings is 1. The van der Waals surface area contributed by atoms with Gasteiger partial charge in [-0.15, -0.1) is 0 Å². The van der Waals surface area contributed by atoms with Crippen LogP contribution >= 0.6 is 0 Å². The van der Waals surface area contributed by atoms with E-state index in [1.54, 1.807) is 18.4 Å². The van der Waals surface area contributed by atoms with E-state index in [1.165, 1.54) is 12.1 Å². The maximum Gasteiger partial charge on any atom is 0.416 e. The molecule has 7 heteroatoms. The van der Waals surface area contributed by atoms with Crippen LogP contribution in [-0.4, -0.2) is 23.9 Å². The van der Waals surface area contributed by atoms with Gasteiger partial charge in [-0.1, -0.05) is 18.6 Å². The van der Waals surface area contributed by atoms with Gasteiger partial charge in [0.25, 0.3) is 0 Å². The molecule has 0 saturated carbocycles. The van der Waals surface area contributed by atoms with E-state index < -0.39 is 11.7 Å². The van der Waals surface area contributed by atoms with Crippen molar-refractivity contribution in [1.82, 2.24) is 10.2 Å². The minimum absolute atomic E-state index is 0.0503. The zero-order chi connectivity index (χ0) is 19.4. The zero-order valence-electron chi connectivity index (χ0n) is 15.1. The molecule has 146 valence electrons. The minimum Gasteiger partial charge on any atom is -0.467 e. The van der Waals surface area contributed by atoms with Crippen molar-refractivity contribution in [2.24, 2.45) is 0 Å². The summed E-state index contributed by atoms with van der Waals surface area (Å²) in [5, 5.41) is 2.91. The summed E-state index contributed by atoms with van der Waals surface area (Å²) in [6.07, 6.45) is 0.00701. The Labute approximate surface area is 156 Å². The average molecular weight is 380 g/mol. The highest BCUT2D eigenvalue weighted by Gasteiger charge is 2.31. The number of nitrogens with zero attached hydrogens (tertiary/aromatic N) is 1. The number of hydrogen-bond acceptors (Lipinski definition) is 3. The second-order valence-electron chi connectivity index (χ2n) is 6.91. The quantitative estimate of drug-likeness (QED) is 0.818. The van der Waals surface area contributed by atoms with Crippen molar-refractivity contribution in [2.75, 3.05) is 13.1 Å². The van der Waals surface area contributed by atoms with Crippen molar-refractivity contribution >= 4 is 5.91 Å². The summed E-state index contributed by atoms with van der Waals surface area (Å²) >= 11 is 0. The summed E-state index contributed by atoms with van der Waals surface area (Å²) < 4.78 is 43.6. The largest absolute Gasteiger partial charge is 0.467 e. The number of benzene rings is 1. The number of alkyl halides is 3. The Bertz CT molecular complexity index is 742. The predicted octanol–water partition coefficient (Wildman–Crippen LogP) is 4.70. The number of carbonyl (C=O) groups is 1. The van der Waals surface area contributed by atoms with Crippen LogP contribution in [0.5, 0.6) is 0 Å². The smallest absolute Gasteiger partial charge is 0.416 e. The third-order valence-corrected chi connectivity index (χ3v) is 4.93. The molecule has 1 amide bonds. The molecular weight excluding hydrogens is 357 g/mol. The average Bonchev–Trinajstić information content (AvgIpc) is 3.16. The zero-order valence-corrected chi connectivity index (χ0v) is 15.1. The number of likely N-dealkylation sites (tertiary alicyclic amines) is 1. The van der Waals surface area contributed by atoms with Crippen LogP contribution in [0.1, 0.15) is 55.2 Å². The molecule has 3 rings (SSSR count). The molecule has 1 aromatic heterocycles. The van der Waals surface area contributed by atoms with Crippen molar-refractivity contribution in [1.29, 1.82) is 0 Å². The molecule has 0 aliphatic carbocycles. The van der Waals surface area contributed by atoms with E-state index in [2.05, 4.69) is 5.32 Å². The van der Waals surface area contributed by atoms with Gasteiger partial charge in [-0.3, -0.25) is 9.69 Å². The summed E-state index contributed by atoms with van der Waals surface area (Å²) in [7, 11) is 0. The molecular formula is C20H23F3N2O2. The normalized spacial score (nSPS) is 19.6. The summed E-state index contributed by atoms with van der Waals surface area (Å²) in [5.41, 5.74) is 0.160. The Morgan fingerprint density at radius 1 is 1.26 bits per heavy atom. The first-order chi connectivity index (χ1) is 12.8.